The first-order chi connectivity index (χ1) is 10.1. The third-order valence-electron chi connectivity index (χ3n) is 3.06. The zero-order chi connectivity index (χ0) is 15.0. The van der Waals surface area contributed by atoms with Gasteiger partial charge in [0.05, 0.1) is 18.4 Å². The predicted molar refractivity (Wildman–Crippen MR) is 84.2 cm³/mol. The third-order valence-corrected chi connectivity index (χ3v) is 5.04. The Hall–Kier alpha value is -1.79. The minimum atomic E-state index is -0.580. The molecule has 6 heteroatoms. The quantitative estimate of drug-likeness (QED) is 0.843. The van der Waals surface area contributed by atoms with Crippen LogP contribution in [0.5, 0.6) is 5.75 Å². The van der Waals surface area contributed by atoms with Gasteiger partial charge in [-0.2, -0.15) is 0 Å². The number of Topliss-reactive ketones (excluding diaryl/α,β-unsaturated/α-hetero) is 1. The molecule has 0 saturated carbocycles. The van der Waals surface area contributed by atoms with E-state index in [1.165, 1.54) is 11.8 Å². The summed E-state index contributed by atoms with van der Waals surface area (Å²) in [5, 5.41) is 2.58. The van der Waals surface area contributed by atoms with Gasteiger partial charge in [-0.15, -0.1) is 0 Å². The lowest BCUT2D eigenvalue weighted by Crippen LogP contribution is -2.12. The molecular formula is C15H10BrNO3S. The van der Waals surface area contributed by atoms with Crippen molar-refractivity contribution in [3.63, 3.8) is 0 Å². The Kier molecular flexibility index (Phi) is 3.73. The van der Waals surface area contributed by atoms with Crippen molar-refractivity contribution in [2.24, 2.45) is 0 Å². The van der Waals surface area contributed by atoms with Crippen molar-refractivity contribution in [3.8, 4) is 5.75 Å². The molecule has 0 saturated heterocycles. The molecule has 1 N–H and O–H groups in total. The van der Waals surface area contributed by atoms with E-state index in [9.17, 15) is 9.59 Å². The number of hydrogen-bond donors (Lipinski definition) is 1. The summed E-state index contributed by atoms with van der Waals surface area (Å²) in [7, 11) is 1.62. The normalized spacial score (nSPS) is 13.0. The zero-order valence-electron chi connectivity index (χ0n) is 11.0. The van der Waals surface area contributed by atoms with Crippen LogP contribution in [-0.4, -0.2) is 18.8 Å². The highest BCUT2D eigenvalue weighted by molar-refractivity contribution is 9.10. The maximum absolute atomic E-state index is 11.6. The number of carbonyl (C=O) groups is 2. The maximum Gasteiger partial charge on any atom is 0.296 e. The zero-order valence-corrected chi connectivity index (χ0v) is 13.4. The summed E-state index contributed by atoms with van der Waals surface area (Å²) in [6.45, 7) is 0. The Labute approximate surface area is 134 Å². The molecule has 0 unspecified atom stereocenters. The highest BCUT2D eigenvalue weighted by Crippen LogP contribution is 2.39. The molecular weight excluding hydrogens is 354 g/mol. The molecule has 0 atom stereocenters. The molecule has 0 aromatic heterocycles. The van der Waals surface area contributed by atoms with E-state index in [4.69, 9.17) is 4.74 Å². The van der Waals surface area contributed by atoms with Crippen molar-refractivity contribution in [2.45, 2.75) is 9.79 Å². The van der Waals surface area contributed by atoms with Crippen molar-refractivity contribution in [1.82, 2.24) is 0 Å². The summed E-state index contributed by atoms with van der Waals surface area (Å²) in [4.78, 5) is 25.0. The molecule has 3 rings (SSSR count). The largest absolute Gasteiger partial charge is 0.497 e. The molecule has 1 amide bonds. The minimum absolute atomic E-state index is 0.408. The van der Waals surface area contributed by atoms with Gasteiger partial charge in [0.2, 0.25) is 0 Å². The number of halogens is 1. The average molecular weight is 364 g/mol. The summed E-state index contributed by atoms with van der Waals surface area (Å²) < 4.78 is 5.91. The van der Waals surface area contributed by atoms with Crippen molar-refractivity contribution in [1.29, 1.82) is 0 Å². The fourth-order valence-electron chi connectivity index (χ4n) is 2.00. The van der Waals surface area contributed by atoms with Gasteiger partial charge in [0.25, 0.3) is 11.7 Å². The number of carbonyl (C=O) groups excluding carboxylic acids is 2. The Morgan fingerprint density at radius 3 is 2.52 bits per heavy atom. The summed E-state index contributed by atoms with van der Waals surface area (Å²) in [5.41, 5.74) is 0.968. The summed E-state index contributed by atoms with van der Waals surface area (Å²) in [6, 6.07) is 11.2. The lowest BCUT2D eigenvalue weighted by Gasteiger charge is -2.07. The second-order valence-corrected chi connectivity index (χ2v) is 6.36. The molecule has 0 spiro atoms. The molecule has 2 aromatic carbocycles. The maximum atomic E-state index is 11.6. The van der Waals surface area contributed by atoms with Gasteiger partial charge in [0.15, 0.2) is 0 Å². The van der Waals surface area contributed by atoms with Crippen LogP contribution in [0.3, 0.4) is 0 Å². The minimum Gasteiger partial charge on any atom is -0.497 e. The molecule has 0 fully saturated rings. The Morgan fingerprint density at radius 1 is 1.14 bits per heavy atom. The van der Waals surface area contributed by atoms with Crippen molar-refractivity contribution in [2.75, 3.05) is 12.4 Å². The number of amides is 1. The summed E-state index contributed by atoms with van der Waals surface area (Å²) in [5.74, 6) is -0.277. The molecule has 1 heterocycles. The second-order valence-electron chi connectivity index (χ2n) is 4.39. The number of fused-ring (bicyclic) bond motifs is 1. The molecule has 0 bridgehead atoms. The smallest absolute Gasteiger partial charge is 0.296 e. The fraction of sp³-hybridized carbons (Fsp3) is 0.0667. The Bertz CT molecular complexity index is 743. The van der Waals surface area contributed by atoms with E-state index < -0.39 is 11.7 Å². The topological polar surface area (TPSA) is 55.4 Å². The molecule has 1 aliphatic rings. The van der Waals surface area contributed by atoms with Crippen molar-refractivity contribution < 1.29 is 14.3 Å². The monoisotopic (exact) mass is 363 g/mol. The van der Waals surface area contributed by atoms with Crippen LogP contribution in [0.1, 0.15) is 10.4 Å². The van der Waals surface area contributed by atoms with Crippen LogP contribution in [0, 0.1) is 0 Å². The van der Waals surface area contributed by atoms with Crippen molar-refractivity contribution in [3.05, 3.63) is 46.4 Å². The van der Waals surface area contributed by atoms with Gasteiger partial charge < -0.3 is 10.1 Å². The molecule has 1 aliphatic heterocycles. The predicted octanol–water partition coefficient (Wildman–Crippen LogP) is 3.74. The highest BCUT2D eigenvalue weighted by Gasteiger charge is 2.29. The standard InChI is InChI=1S/C15H10BrNO3S/c1-20-8-2-4-9(5-3-8)21-13-7-12-10(6-11(13)16)14(18)15(19)17-12/h2-7H,1H3,(H,17,18,19). The number of methoxy groups -OCH3 is 1. The van der Waals surface area contributed by atoms with Crippen LogP contribution < -0.4 is 10.1 Å². The number of benzene rings is 2. The van der Waals surface area contributed by atoms with E-state index in [1.54, 1.807) is 19.2 Å². The Balaban J connectivity index is 1.91. The summed E-state index contributed by atoms with van der Waals surface area (Å²) >= 11 is 4.98. The van der Waals surface area contributed by atoms with E-state index >= 15 is 0 Å². The number of ketones is 1. The first-order valence-corrected chi connectivity index (χ1v) is 7.70. The molecule has 0 aliphatic carbocycles. The Morgan fingerprint density at radius 2 is 1.86 bits per heavy atom. The van der Waals surface area contributed by atoms with E-state index in [0.717, 1.165) is 20.0 Å². The second kappa shape index (κ2) is 5.54. The van der Waals surface area contributed by atoms with E-state index in [-0.39, 0.29) is 0 Å². The van der Waals surface area contributed by atoms with Crippen LogP contribution in [0.2, 0.25) is 0 Å². The van der Waals surface area contributed by atoms with Gasteiger partial charge in [-0.1, -0.05) is 11.8 Å². The van der Waals surface area contributed by atoms with Crippen LogP contribution in [0.4, 0.5) is 5.69 Å². The average Bonchev–Trinajstić information content (AvgIpc) is 2.75. The van der Waals surface area contributed by atoms with Crippen molar-refractivity contribution >= 4 is 45.1 Å². The lowest BCUT2D eigenvalue weighted by atomic mass is 10.1. The van der Waals surface area contributed by atoms with E-state index in [0.29, 0.717) is 11.3 Å². The van der Waals surface area contributed by atoms with Gasteiger partial charge in [-0.05, 0) is 52.3 Å². The van der Waals surface area contributed by atoms with Crippen LogP contribution in [0.25, 0.3) is 0 Å². The molecule has 21 heavy (non-hydrogen) atoms. The van der Waals surface area contributed by atoms with Crippen LogP contribution in [0.15, 0.2) is 50.7 Å². The first kappa shape index (κ1) is 14.2. The fourth-order valence-corrected chi connectivity index (χ4v) is 3.44. The molecule has 106 valence electrons. The molecule has 0 radical (unpaired) electrons. The lowest BCUT2D eigenvalue weighted by molar-refractivity contribution is -0.112. The van der Waals surface area contributed by atoms with Gasteiger partial charge in [-0.25, -0.2) is 0 Å². The van der Waals surface area contributed by atoms with Crippen LogP contribution >= 0.6 is 27.7 Å². The van der Waals surface area contributed by atoms with E-state index in [1.807, 2.05) is 24.3 Å². The SMILES string of the molecule is COc1ccc(Sc2cc3c(cc2Br)C(=O)C(=O)N3)cc1. The number of hydrogen-bond acceptors (Lipinski definition) is 4. The molecule has 2 aromatic rings. The van der Waals surface area contributed by atoms with Gasteiger partial charge in [-0.3, -0.25) is 9.59 Å². The van der Waals surface area contributed by atoms with Gasteiger partial charge in [0.1, 0.15) is 5.75 Å². The number of rotatable bonds is 3. The van der Waals surface area contributed by atoms with Gasteiger partial charge in [0, 0.05) is 14.3 Å². The van der Waals surface area contributed by atoms with Gasteiger partial charge >= 0.3 is 0 Å². The van der Waals surface area contributed by atoms with E-state index in [2.05, 4.69) is 21.2 Å². The number of anilines is 1. The first-order valence-electron chi connectivity index (χ1n) is 6.09. The number of nitrogens with one attached hydrogen (secondary N) is 1. The molecule has 4 nitrogen and oxygen atoms in total. The van der Waals surface area contributed by atoms with Crippen LogP contribution in [-0.2, 0) is 4.79 Å². The third kappa shape index (κ3) is 2.69. The summed E-state index contributed by atoms with van der Waals surface area (Å²) in [6.07, 6.45) is 0. The highest BCUT2D eigenvalue weighted by atomic mass is 79.9. The number of ether oxygens (including phenoxy) is 1.